The second kappa shape index (κ2) is 6.34. The lowest BCUT2D eigenvalue weighted by Crippen LogP contribution is -2.39. The SMILES string of the molecule is CCN(CCc1nccs1)C(=O)C(C)C(=O)O. The average Bonchev–Trinajstić information content (AvgIpc) is 2.81. The molecule has 0 saturated heterocycles. The van der Waals surface area contributed by atoms with E-state index in [0.29, 0.717) is 19.5 Å². The van der Waals surface area contributed by atoms with E-state index in [1.165, 1.54) is 18.3 Å². The first kappa shape index (κ1) is 13.6. The molecular weight excluding hydrogens is 240 g/mol. The topological polar surface area (TPSA) is 70.5 Å². The van der Waals surface area contributed by atoms with Crippen LogP contribution in [0.3, 0.4) is 0 Å². The van der Waals surface area contributed by atoms with Crippen molar-refractivity contribution < 1.29 is 14.7 Å². The zero-order valence-corrected chi connectivity index (χ0v) is 10.7. The summed E-state index contributed by atoms with van der Waals surface area (Å²) in [6.45, 7) is 4.29. The summed E-state index contributed by atoms with van der Waals surface area (Å²) in [4.78, 5) is 28.2. The Morgan fingerprint density at radius 1 is 1.59 bits per heavy atom. The minimum atomic E-state index is -1.08. The molecule has 1 unspecified atom stereocenters. The third-order valence-corrected chi connectivity index (χ3v) is 3.35. The minimum absolute atomic E-state index is 0.337. The van der Waals surface area contributed by atoms with Crippen molar-refractivity contribution in [3.05, 3.63) is 16.6 Å². The van der Waals surface area contributed by atoms with Crippen molar-refractivity contribution in [1.82, 2.24) is 9.88 Å². The van der Waals surface area contributed by atoms with Crippen LogP contribution in [0.1, 0.15) is 18.9 Å². The molecule has 0 aliphatic rings. The van der Waals surface area contributed by atoms with Gasteiger partial charge >= 0.3 is 5.97 Å². The van der Waals surface area contributed by atoms with E-state index in [4.69, 9.17) is 5.11 Å². The Balaban J connectivity index is 2.53. The molecule has 0 saturated carbocycles. The number of aromatic nitrogens is 1. The van der Waals surface area contributed by atoms with E-state index < -0.39 is 11.9 Å². The van der Waals surface area contributed by atoms with Gasteiger partial charge in [0.15, 0.2) is 0 Å². The first-order valence-corrected chi connectivity index (χ1v) is 6.34. The first-order chi connectivity index (χ1) is 8.06. The van der Waals surface area contributed by atoms with Crippen LogP contribution in [0.15, 0.2) is 11.6 Å². The maximum atomic E-state index is 11.8. The van der Waals surface area contributed by atoms with Crippen LogP contribution in [-0.2, 0) is 16.0 Å². The number of carbonyl (C=O) groups excluding carboxylic acids is 1. The zero-order chi connectivity index (χ0) is 12.8. The van der Waals surface area contributed by atoms with Crippen LogP contribution in [0, 0.1) is 5.92 Å². The predicted octanol–water partition coefficient (Wildman–Crippen LogP) is 1.25. The summed E-state index contributed by atoms with van der Waals surface area (Å²) < 4.78 is 0. The van der Waals surface area contributed by atoms with Crippen LogP contribution in [0.5, 0.6) is 0 Å². The van der Waals surface area contributed by atoms with Crippen molar-refractivity contribution in [2.24, 2.45) is 5.92 Å². The van der Waals surface area contributed by atoms with Crippen LogP contribution in [0.2, 0.25) is 0 Å². The summed E-state index contributed by atoms with van der Waals surface area (Å²) in [7, 11) is 0. The van der Waals surface area contributed by atoms with E-state index in [1.54, 1.807) is 11.1 Å². The zero-order valence-electron chi connectivity index (χ0n) is 9.92. The van der Waals surface area contributed by atoms with Gasteiger partial charge in [-0.15, -0.1) is 11.3 Å². The van der Waals surface area contributed by atoms with Gasteiger partial charge in [-0.2, -0.15) is 0 Å². The molecule has 0 spiro atoms. The third-order valence-electron chi connectivity index (χ3n) is 2.51. The lowest BCUT2D eigenvalue weighted by Gasteiger charge is -2.22. The van der Waals surface area contributed by atoms with Gasteiger partial charge in [-0.1, -0.05) is 0 Å². The number of carbonyl (C=O) groups is 2. The molecule has 0 radical (unpaired) electrons. The molecule has 1 amide bonds. The molecule has 0 aliphatic heterocycles. The smallest absolute Gasteiger partial charge is 0.315 e. The number of amides is 1. The molecule has 1 heterocycles. The van der Waals surface area contributed by atoms with Crippen molar-refractivity contribution in [2.75, 3.05) is 13.1 Å². The summed E-state index contributed by atoms with van der Waals surface area (Å²) in [6, 6.07) is 0. The molecule has 1 rings (SSSR count). The summed E-state index contributed by atoms with van der Waals surface area (Å²) in [5, 5.41) is 11.6. The van der Waals surface area contributed by atoms with Crippen molar-refractivity contribution in [3.8, 4) is 0 Å². The van der Waals surface area contributed by atoms with Crippen LogP contribution in [0.4, 0.5) is 0 Å². The van der Waals surface area contributed by atoms with Crippen molar-refractivity contribution in [2.45, 2.75) is 20.3 Å². The molecule has 1 N–H and O–H groups in total. The fourth-order valence-electron chi connectivity index (χ4n) is 1.41. The van der Waals surface area contributed by atoms with Crippen molar-refractivity contribution >= 4 is 23.2 Å². The molecule has 0 bridgehead atoms. The number of aliphatic carboxylic acids is 1. The van der Waals surface area contributed by atoms with Gasteiger partial charge in [0.2, 0.25) is 5.91 Å². The molecule has 1 atom stereocenters. The van der Waals surface area contributed by atoms with Crippen LogP contribution < -0.4 is 0 Å². The van der Waals surface area contributed by atoms with Gasteiger partial charge in [-0.3, -0.25) is 9.59 Å². The minimum Gasteiger partial charge on any atom is -0.481 e. The predicted molar refractivity (Wildman–Crippen MR) is 64.9 cm³/mol. The number of hydrogen-bond acceptors (Lipinski definition) is 4. The second-order valence-electron chi connectivity index (χ2n) is 3.65. The van der Waals surface area contributed by atoms with Gasteiger partial charge in [0, 0.05) is 31.1 Å². The summed E-state index contributed by atoms with van der Waals surface area (Å²) in [5.41, 5.74) is 0. The highest BCUT2D eigenvalue weighted by Crippen LogP contribution is 2.08. The highest BCUT2D eigenvalue weighted by Gasteiger charge is 2.25. The lowest BCUT2D eigenvalue weighted by molar-refractivity contribution is -0.150. The fourth-order valence-corrected chi connectivity index (χ4v) is 2.02. The van der Waals surface area contributed by atoms with E-state index in [2.05, 4.69) is 4.98 Å². The maximum Gasteiger partial charge on any atom is 0.315 e. The quantitative estimate of drug-likeness (QED) is 0.778. The van der Waals surface area contributed by atoms with Gasteiger partial charge in [0.25, 0.3) is 0 Å². The van der Waals surface area contributed by atoms with Gasteiger partial charge in [0.05, 0.1) is 5.01 Å². The number of thiazole rings is 1. The summed E-state index contributed by atoms with van der Waals surface area (Å²) in [6.07, 6.45) is 2.39. The Hall–Kier alpha value is -1.43. The van der Waals surface area contributed by atoms with E-state index in [1.807, 2.05) is 12.3 Å². The van der Waals surface area contributed by atoms with Gasteiger partial charge in [-0.25, -0.2) is 4.98 Å². The summed E-state index contributed by atoms with van der Waals surface area (Å²) >= 11 is 1.54. The second-order valence-corrected chi connectivity index (χ2v) is 4.63. The van der Waals surface area contributed by atoms with Crippen LogP contribution >= 0.6 is 11.3 Å². The normalized spacial score (nSPS) is 12.1. The molecule has 1 aromatic heterocycles. The first-order valence-electron chi connectivity index (χ1n) is 5.46. The Kier molecular flexibility index (Phi) is 5.09. The lowest BCUT2D eigenvalue weighted by atomic mass is 10.1. The fraction of sp³-hybridized carbons (Fsp3) is 0.545. The molecular formula is C11H16N2O3S. The average molecular weight is 256 g/mol. The number of hydrogen-bond donors (Lipinski definition) is 1. The highest BCUT2D eigenvalue weighted by molar-refractivity contribution is 7.09. The molecule has 0 aromatic carbocycles. The van der Waals surface area contributed by atoms with E-state index in [-0.39, 0.29) is 5.91 Å². The highest BCUT2D eigenvalue weighted by atomic mass is 32.1. The Morgan fingerprint density at radius 3 is 2.76 bits per heavy atom. The molecule has 6 heteroatoms. The number of carboxylic acid groups (broad SMARTS) is 1. The molecule has 1 aromatic rings. The van der Waals surface area contributed by atoms with Crippen LogP contribution in [-0.4, -0.2) is 40.0 Å². The van der Waals surface area contributed by atoms with Gasteiger partial charge in [-0.05, 0) is 13.8 Å². The van der Waals surface area contributed by atoms with Crippen molar-refractivity contribution in [1.29, 1.82) is 0 Å². The molecule has 17 heavy (non-hydrogen) atoms. The Labute approximate surface area is 104 Å². The number of carboxylic acids is 1. The Bertz CT molecular complexity index is 378. The van der Waals surface area contributed by atoms with Gasteiger partial charge in [0.1, 0.15) is 5.92 Å². The standard InChI is InChI=1S/C11H16N2O3S/c1-3-13(10(14)8(2)11(15)16)6-4-9-12-5-7-17-9/h5,7-8H,3-4,6H2,1-2H3,(H,15,16). The number of rotatable bonds is 6. The molecule has 94 valence electrons. The number of likely N-dealkylation sites (N-methyl/N-ethyl adjacent to an activating group) is 1. The Morgan fingerprint density at radius 2 is 2.29 bits per heavy atom. The monoisotopic (exact) mass is 256 g/mol. The van der Waals surface area contributed by atoms with Gasteiger partial charge < -0.3 is 10.0 Å². The largest absolute Gasteiger partial charge is 0.481 e. The number of nitrogens with zero attached hydrogens (tertiary/aromatic N) is 2. The molecule has 0 aliphatic carbocycles. The maximum absolute atomic E-state index is 11.8. The van der Waals surface area contributed by atoms with E-state index >= 15 is 0 Å². The third kappa shape index (κ3) is 3.81. The summed E-state index contributed by atoms with van der Waals surface area (Å²) in [5.74, 6) is -2.40. The van der Waals surface area contributed by atoms with E-state index in [0.717, 1.165) is 5.01 Å². The van der Waals surface area contributed by atoms with Crippen molar-refractivity contribution in [3.63, 3.8) is 0 Å². The van der Waals surface area contributed by atoms with E-state index in [9.17, 15) is 9.59 Å². The molecule has 5 nitrogen and oxygen atoms in total. The van der Waals surface area contributed by atoms with Crippen LogP contribution in [0.25, 0.3) is 0 Å². The molecule has 0 fully saturated rings.